The molecule has 0 aliphatic rings. The topological polar surface area (TPSA) is 3.24 Å². The van der Waals surface area contributed by atoms with Crippen molar-refractivity contribution in [1.29, 1.82) is 0 Å². The zero-order valence-electron chi connectivity index (χ0n) is 10.2. The average molecular weight is 302 g/mol. The molecule has 16 heavy (non-hydrogen) atoms. The molecule has 0 radical (unpaired) electrons. The van der Waals surface area contributed by atoms with Gasteiger partial charge in [-0.25, -0.2) is 0 Å². The smallest absolute Gasteiger partial charge is 0.0234 e. The number of benzene rings is 1. The minimum Gasteiger partial charge on any atom is -0.298 e. The van der Waals surface area contributed by atoms with E-state index in [9.17, 15) is 0 Å². The molecule has 1 nitrogen and oxygen atoms in total. The molecule has 0 bridgehead atoms. The number of hydrogen-bond acceptors (Lipinski definition) is 2. The third-order valence-corrected chi connectivity index (χ3v) is 3.99. The van der Waals surface area contributed by atoms with Crippen molar-refractivity contribution in [2.75, 3.05) is 19.1 Å². The van der Waals surface area contributed by atoms with Gasteiger partial charge >= 0.3 is 0 Å². The fraction of sp³-hybridized carbons (Fsp3) is 0.538. The maximum atomic E-state index is 3.51. The van der Waals surface area contributed by atoms with Crippen LogP contribution in [0, 0.1) is 0 Å². The number of hydrogen-bond donors (Lipinski definition) is 0. The van der Waals surface area contributed by atoms with Crippen LogP contribution in [0.5, 0.6) is 0 Å². The Morgan fingerprint density at radius 1 is 1.44 bits per heavy atom. The lowest BCUT2D eigenvalue weighted by atomic mass is 10.1. The maximum absolute atomic E-state index is 3.51. The van der Waals surface area contributed by atoms with Crippen molar-refractivity contribution in [3.8, 4) is 0 Å². The average Bonchev–Trinajstić information content (AvgIpc) is 2.25. The lowest BCUT2D eigenvalue weighted by Crippen LogP contribution is -2.32. The third-order valence-electron chi connectivity index (χ3n) is 2.77. The van der Waals surface area contributed by atoms with Crippen LogP contribution in [0.3, 0.4) is 0 Å². The highest BCUT2D eigenvalue weighted by molar-refractivity contribution is 9.10. The molecule has 3 heteroatoms. The Bertz CT molecular complexity index is 317. The molecule has 0 spiro atoms. The Kier molecular flexibility index (Phi) is 6.47. The van der Waals surface area contributed by atoms with Crippen LogP contribution in [0.1, 0.15) is 18.9 Å². The van der Waals surface area contributed by atoms with E-state index >= 15 is 0 Å². The van der Waals surface area contributed by atoms with Gasteiger partial charge in [0, 0.05) is 22.8 Å². The van der Waals surface area contributed by atoms with Crippen LogP contribution in [-0.2, 0) is 6.54 Å². The summed E-state index contributed by atoms with van der Waals surface area (Å²) in [4.78, 5) is 2.44. The number of thioether (sulfide) groups is 1. The molecule has 1 aromatic carbocycles. The van der Waals surface area contributed by atoms with Gasteiger partial charge in [-0.05, 0) is 37.4 Å². The fourth-order valence-corrected chi connectivity index (χ4v) is 3.12. The third kappa shape index (κ3) is 4.48. The second kappa shape index (κ2) is 7.36. The number of halogens is 1. The highest BCUT2D eigenvalue weighted by Gasteiger charge is 2.12. The van der Waals surface area contributed by atoms with E-state index in [4.69, 9.17) is 0 Å². The van der Waals surface area contributed by atoms with Crippen molar-refractivity contribution in [3.05, 3.63) is 34.3 Å². The van der Waals surface area contributed by atoms with Crippen LogP contribution in [0.25, 0.3) is 0 Å². The van der Waals surface area contributed by atoms with Gasteiger partial charge in [0.15, 0.2) is 0 Å². The van der Waals surface area contributed by atoms with Gasteiger partial charge in [-0.2, -0.15) is 11.8 Å². The van der Waals surface area contributed by atoms with Crippen molar-refractivity contribution in [2.45, 2.75) is 25.9 Å². The van der Waals surface area contributed by atoms with Crippen molar-refractivity contribution < 1.29 is 0 Å². The first kappa shape index (κ1) is 14.1. The lowest BCUT2D eigenvalue weighted by molar-refractivity contribution is 0.248. The van der Waals surface area contributed by atoms with Crippen LogP contribution < -0.4 is 0 Å². The molecule has 1 atom stereocenters. The minimum atomic E-state index is 0.675. The summed E-state index contributed by atoms with van der Waals surface area (Å²) in [5.74, 6) is 1.21. The van der Waals surface area contributed by atoms with Gasteiger partial charge in [0.2, 0.25) is 0 Å². The van der Waals surface area contributed by atoms with Crippen molar-refractivity contribution in [2.24, 2.45) is 0 Å². The van der Waals surface area contributed by atoms with Gasteiger partial charge in [-0.3, -0.25) is 4.90 Å². The molecule has 0 aliphatic carbocycles. The molecule has 0 saturated heterocycles. The molecule has 0 fully saturated rings. The van der Waals surface area contributed by atoms with Gasteiger partial charge in [0.05, 0.1) is 0 Å². The van der Waals surface area contributed by atoms with E-state index in [1.807, 2.05) is 11.8 Å². The van der Waals surface area contributed by atoms with E-state index in [2.05, 4.69) is 65.3 Å². The standard InChI is InChI=1S/C13H20BrNS/c1-4-13(10-16-3)15(2)9-11-6-5-7-12(14)8-11/h5-8,13H,4,9-10H2,1-3H3. The first-order chi connectivity index (χ1) is 7.67. The SMILES string of the molecule is CCC(CSC)N(C)Cc1cccc(Br)c1. The number of rotatable bonds is 6. The van der Waals surface area contributed by atoms with Crippen molar-refractivity contribution in [1.82, 2.24) is 4.90 Å². The second-order valence-electron chi connectivity index (χ2n) is 4.06. The van der Waals surface area contributed by atoms with Gasteiger partial charge in [-0.1, -0.05) is 35.0 Å². The predicted octanol–water partition coefficient (Wildman–Crippen LogP) is 4.02. The Morgan fingerprint density at radius 3 is 2.75 bits per heavy atom. The zero-order chi connectivity index (χ0) is 12.0. The summed E-state index contributed by atoms with van der Waals surface area (Å²) >= 11 is 5.44. The molecule has 0 aliphatic heterocycles. The Morgan fingerprint density at radius 2 is 2.19 bits per heavy atom. The van der Waals surface area contributed by atoms with Crippen LogP contribution in [-0.4, -0.2) is 30.0 Å². The maximum Gasteiger partial charge on any atom is 0.0234 e. The molecule has 1 rings (SSSR count). The van der Waals surface area contributed by atoms with Gasteiger partial charge in [0.1, 0.15) is 0 Å². The molecular weight excluding hydrogens is 282 g/mol. The van der Waals surface area contributed by atoms with E-state index in [1.165, 1.54) is 17.7 Å². The summed E-state index contributed by atoms with van der Waals surface area (Å²) in [6.45, 7) is 3.29. The molecule has 90 valence electrons. The lowest BCUT2D eigenvalue weighted by Gasteiger charge is -2.26. The zero-order valence-corrected chi connectivity index (χ0v) is 12.6. The Labute approximate surface area is 112 Å². The van der Waals surface area contributed by atoms with Gasteiger partial charge in [0.25, 0.3) is 0 Å². The van der Waals surface area contributed by atoms with Crippen molar-refractivity contribution >= 4 is 27.7 Å². The molecule has 0 aromatic heterocycles. The Hall–Kier alpha value is 0.01000. The fourth-order valence-electron chi connectivity index (χ4n) is 1.80. The first-order valence-electron chi connectivity index (χ1n) is 5.61. The van der Waals surface area contributed by atoms with E-state index in [0.717, 1.165) is 11.0 Å². The molecule has 0 saturated carbocycles. The highest BCUT2D eigenvalue weighted by atomic mass is 79.9. The molecular formula is C13H20BrNS. The molecule has 0 amide bonds. The highest BCUT2D eigenvalue weighted by Crippen LogP contribution is 2.16. The summed E-state index contributed by atoms with van der Waals surface area (Å²) in [7, 11) is 2.21. The van der Waals surface area contributed by atoms with Crippen LogP contribution in [0.15, 0.2) is 28.7 Å². The van der Waals surface area contributed by atoms with E-state index in [-0.39, 0.29) is 0 Å². The minimum absolute atomic E-state index is 0.675. The summed E-state index contributed by atoms with van der Waals surface area (Å²) in [6.07, 6.45) is 3.39. The van der Waals surface area contributed by atoms with E-state index < -0.39 is 0 Å². The first-order valence-corrected chi connectivity index (χ1v) is 7.79. The molecule has 0 N–H and O–H groups in total. The molecule has 1 aromatic rings. The summed E-state index contributed by atoms with van der Waals surface area (Å²) in [5.41, 5.74) is 1.37. The monoisotopic (exact) mass is 301 g/mol. The predicted molar refractivity (Wildman–Crippen MR) is 78.1 cm³/mol. The van der Waals surface area contributed by atoms with E-state index in [0.29, 0.717) is 6.04 Å². The molecule has 0 heterocycles. The number of nitrogens with zero attached hydrogens (tertiary/aromatic N) is 1. The quantitative estimate of drug-likeness (QED) is 0.781. The van der Waals surface area contributed by atoms with Gasteiger partial charge < -0.3 is 0 Å². The van der Waals surface area contributed by atoms with Crippen LogP contribution >= 0.6 is 27.7 Å². The summed E-state index contributed by atoms with van der Waals surface area (Å²) in [5, 5.41) is 0. The van der Waals surface area contributed by atoms with Crippen LogP contribution in [0.4, 0.5) is 0 Å². The Balaban J connectivity index is 2.58. The van der Waals surface area contributed by atoms with Crippen LogP contribution in [0.2, 0.25) is 0 Å². The van der Waals surface area contributed by atoms with Crippen molar-refractivity contribution in [3.63, 3.8) is 0 Å². The van der Waals surface area contributed by atoms with Gasteiger partial charge in [-0.15, -0.1) is 0 Å². The summed E-state index contributed by atoms with van der Waals surface area (Å²) in [6, 6.07) is 9.23. The summed E-state index contributed by atoms with van der Waals surface area (Å²) < 4.78 is 1.16. The van der Waals surface area contributed by atoms with E-state index in [1.54, 1.807) is 0 Å². The molecule has 1 unspecified atom stereocenters. The largest absolute Gasteiger partial charge is 0.298 e. The second-order valence-corrected chi connectivity index (χ2v) is 5.89. The normalized spacial score (nSPS) is 13.1.